The van der Waals surface area contributed by atoms with Crippen molar-refractivity contribution in [3.63, 3.8) is 0 Å². The zero-order valence-electron chi connectivity index (χ0n) is 15.9. The molecule has 1 aromatic rings. The number of allylic oxidation sites excluding steroid dienone is 1. The van der Waals surface area contributed by atoms with Crippen LogP contribution in [0, 0.1) is 0 Å². The second kappa shape index (κ2) is 8.94. The van der Waals surface area contributed by atoms with Gasteiger partial charge < -0.3 is 25.4 Å². The summed E-state index contributed by atoms with van der Waals surface area (Å²) >= 11 is 0. The molecule has 26 heavy (non-hydrogen) atoms. The second-order valence-electron chi connectivity index (χ2n) is 5.47. The average Bonchev–Trinajstić information content (AvgIpc) is 2.68. The molecule has 0 spiro atoms. The predicted octanol–water partition coefficient (Wildman–Crippen LogP) is 2.43. The van der Waals surface area contributed by atoms with Crippen LogP contribution in [0.25, 0.3) is 0 Å². The lowest BCUT2D eigenvalue weighted by Gasteiger charge is -2.27. The summed E-state index contributed by atoms with van der Waals surface area (Å²) in [5, 5.41) is 9.18. The summed E-state index contributed by atoms with van der Waals surface area (Å²) < 4.78 is 11.6. The van der Waals surface area contributed by atoms with Crippen LogP contribution in [0.4, 0.5) is 5.69 Å². The number of carbonyl (C=O) groups excluding carboxylic acids is 1. The summed E-state index contributed by atoms with van der Waals surface area (Å²) in [5.74, 6) is 2.06. The molecule has 140 valence electrons. The number of ether oxygens (including phenoxy) is 2. The fourth-order valence-electron chi connectivity index (χ4n) is 2.66. The highest BCUT2D eigenvalue weighted by Gasteiger charge is 2.29. The zero-order chi connectivity index (χ0) is 19.1. The summed E-state index contributed by atoms with van der Waals surface area (Å²) in [6, 6.07) is 5.52. The highest BCUT2D eigenvalue weighted by molar-refractivity contribution is 6.05. The molecule has 1 aromatic carbocycles. The van der Waals surface area contributed by atoms with Crippen molar-refractivity contribution >= 4 is 17.4 Å². The van der Waals surface area contributed by atoms with Gasteiger partial charge in [0.05, 0.1) is 18.4 Å². The molecule has 0 atom stereocenters. The Morgan fingerprint density at radius 2 is 2.15 bits per heavy atom. The van der Waals surface area contributed by atoms with Crippen LogP contribution >= 0.6 is 0 Å². The molecule has 0 saturated heterocycles. The van der Waals surface area contributed by atoms with Gasteiger partial charge in [-0.3, -0.25) is 9.79 Å². The van der Waals surface area contributed by atoms with E-state index in [0.29, 0.717) is 53.0 Å². The quantitative estimate of drug-likeness (QED) is 0.413. The van der Waals surface area contributed by atoms with Gasteiger partial charge in [0.1, 0.15) is 11.4 Å². The Morgan fingerprint density at radius 3 is 2.73 bits per heavy atom. The Hall–Kier alpha value is -2.96. The number of para-hydroxylation sites is 1. The first-order valence-corrected chi connectivity index (χ1v) is 8.60. The van der Waals surface area contributed by atoms with E-state index in [4.69, 9.17) is 9.47 Å². The van der Waals surface area contributed by atoms with Crippen molar-refractivity contribution in [3.8, 4) is 11.5 Å². The number of aliphatic imine (C=N–C) groups is 1. The molecule has 0 aliphatic carbocycles. The van der Waals surface area contributed by atoms with E-state index in [1.54, 1.807) is 21.2 Å². The topological polar surface area (TPSA) is 84.0 Å². The molecule has 1 aliphatic rings. The van der Waals surface area contributed by atoms with Crippen LogP contribution in [0.15, 0.2) is 46.3 Å². The van der Waals surface area contributed by atoms with Gasteiger partial charge in [-0.15, -0.1) is 0 Å². The van der Waals surface area contributed by atoms with Gasteiger partial charge in [0.15, 0.2) is 17.3 Å². The van der Waals surface area contributed by atoms with Crippen LogP contribution in [0.5, 0.6) is 11.5 Å². The third-order valence-electron chi connectivity index (χ3n) is 3.83. The third kappa shape index (κ3) is 3.82. The van der Waals surface area contributed by atoms with E-state index in [1.807, 2.05) is 38.1 Å². The van der Waals surface area contributed by atoms with Crippen molar-refractivity contribution in [2.24, 2.45) is 4.99 Å². The molecule has 2 rings (SSSR count). The van der Waals surface area contributed by atoms with Crippen LogP contribution in [0.3, 0.4) is 0 Å². The molecule has 0 unspecified atom stereocenters. The molecule has 0 aromatic heterocycles. The lowest BCUT2D eigenvalue weighted by atomic mass is 10.1. The Balaban J connectivity index is 2.66. The van der Waals surface area contributed by atoms with Gasteiger partial charge in [-0.25, -0.2) is 0 Å². The number of benzene rings is 1. The minimum atomic E-state index is -0.208. The van der Waals surface area contributed by atoms with Gasteiger partial charge in [-0.1, -0.05) is 19.1 Å². The minimum Gasteiger partial charge on any atom is -0.494 e. The first-order chi connectivity index (χ1) is 12.6. The van der Waals surface area contributed by atoms with Crippen molar-refractivity contribution in [2.45, 2.75) is 20.3 Å². The number of likely N-dealkylation sites (N-methyl/N-ethyl adjacent to an activating group) is 2. The molecular formula is C19H26N4O3. The average molecular weight is 358 g/mol. The van der Waals surface area contributed by atoms with Crippen LogP contribution < -0.4 is 25.4 Å². The highest BCUT2D eigenvalue weighted by atomic mass is 16.5. The molecule has 3 N–H and O–H groups in total. The van der Waals surface area contributed by atoms with Crippen molar-refractivity contribution in [3.05, 3.63) is 41.3 Å². The maximum absolute atomic E-state index is 12.5. The molecule has 0 radical (unpaired) electrons. The number of rotatable bonds is 6. The van der Waals surface area contributed by atoms with Gasteiger partial charge in [0.2, 0.25) is 0 Å². The minimum absolute atomic E-state index is 0.208. The first kappa shape index (κ1) is 19.4. The lowest BCUT2D eigenvalue weighted by molar-refractivity contribution is -0.116. The lowest BCUT2D eigenvalue weighted by Crippen LogP contribution is -2.34. The molecule has 7 nitrogen and oxygen atoms in total. The van der Waals surface area contributed by atoms with Crippen molar-refractivity contribution in [1.29, 1.82) is 0 Å². The van der Waals surface area contributed by atoms with Crippen LogP contribution in [0.1, 0.15) is 20.3 Å². The third-order valence-corrected chi connectivity index (χ3v) is 3.83. The summed E-state index contributed by atoms with van der Waals surface area (Å²) in [5.41, 5.74) is 1.71. The maximum Gasteiger partial charge on any atom is 0.252 e. The number of hydrogen-bond donors (Lipinski definition) is 3. The first-order valence-electron chi connectivity index (χ1n) is 8.60. The standard InChI is InChI=1S/C19H26N4O3/c1-6-9-12(19(24)21-4)15-17(18(20-3)22-7-2)26-14-11-8-10-13(25-5)16(14)23-15/h8-11,23H,6-7H2,1-5H3,(H,20,22)(H,21,24)/b12-9-. The van der Waals surface area contributed by atoms with Crippen LogP contribution in [-0.4, -0.2) is 39.5 Å². The van der Waals surface area contributed by atoms with Crippen LogP contribution in [0.2, 0.25) is 0 Å². The number of fused-ring (bicyclic) bond motifs is 1. The second-order valence-corrected chi connectivity index (χ2v) is 5.47. The van der Waals surface area contributed by atoms with E-state index in [9.17, 15) is 4.79 Å². The number of amidine groups is 1. The van der Waals surface area contributed by atoms with E-state index < -0.39 is 0 Å². The van der Waals surface area contributed by atoms with Crippen LogP contribution in [-0.2, 0) is 4.79 Å². The largest absolute Gasteiger partial charge is 0.494 e. The van der Waals surface area contributed by atoms with Gasteiger partial charge in [-0.05, 0) is 25.5 Å². The number of methoxy groups -OCH3 is 1. The smallest absolute Gasteiger partial charge is 0.252 e. The molecule has 1 amide bonds. The molecular weight excluding hydrogens is 332 g/mol. The number of anilines is 1. The Morgan fingerprint density at radius 1 is 1.38 bits per heavy atom. The van der Waals surface area contributed by atoms with Crippen molar-refractivity contribution in [1.82, 2.24) is 10.6 Å². The number of nitrogens with one attached hydrogen (secondary N) is 3. The van der Waals surface area contributed by atoms with Gasteiger partial charge >= 0.3 is 0 Å². The van der Waals surface area contributed by atoms with Gasteiger partial charge in [0.25, 0.3) is 5.91 Å². The van der Waals surface area contributed by atoms with E-state index in [-0.39, 0.29) is 5.91 Å². The molecule has 1 heterocycles. The number of carbonyl (C=O) groups is 1. The van der Waals surface area contributed by atoms with Gasteiger partial charge in [0, 0.05) is 20.6 Å². The van der Waals surface area contributed by atoms with E-state index >= 15 is 0 Å². The fourth-order valence-corrected chi connectivity index (χ4v) is 2.66. The van der Waals surface area contributed by atoms with E-state index in [0.717, 1.165) is 0 Å². The monoisotopic (exact) mass is 358 g/mol. The Kier molecular flexibility index (Phi) is 6.66. The fraction of sp³-hybridized carbons (Fsp3) is 0.368. The van der Waals surface area contributed by atoms with E-state index in [2.05, 4.69) is 20.9 Å². The summed E-state index contributed by atoms with van der Waals surface area (Å²) in [6.07, 6.45) is 2.55. The zero-order valence-corrected chi connectivity index (χ0v) is 15.9. The number of amides is 1. The Bertz CT molecular complexity index is 766. The molecule has 0 bridgehead atoms. The summed E-state index contributed by atoms with van der Waals surface area (Å²) in [7, 11) is 4.87. The van der Waals surface area contributed by atoms with Gasteiger partial charge in [-0.2, -0.15) is 0 Å². The normalized spacial score (nSPS) is 14.2. The SMILES string of the molecule is CC/C=C(\C(=O)NC)C1=C(C(=NC)NCC)Oc2cccc(OC)c2N1. The summed E-state index contributed by atoms with van der Waals surface area (Å²) in [6.45, 7) is 4.62. The molecule has 0 fully saturated rings. The molecule has 0 saturated carbocycles. The number of hydrogen-bond acceptors (Lipinski definition) is 5. The number of nitrogens with zero attached hydrogens (tertiary/aromatic N) is 1. The summed E-state index contributed by atoms with van der Waals surface area (Å²) in [4.78, 5) is 16.8. The predicted molar refractivity (Wildman–Crippen MR) is 104 cm³/mol. The van der Waals surface area contributed by atoms with E-state index in [1.165, 1.54) is 0 Å². The van der Waals surface area contributed by atoms with Crippen molar-refractivity contribution < 1.29 is 14.3 Å². The maximum atomic E-state index is 12.5. The molecule has 1 aliphatic heterocycles. The Labute approximate surface area is 154 Å². The highest BCUT2D eigenvalue weighted by Crippen LogP contribution is 2.41. The van der Waals surface area contributed by atoms with Crippen molar-refractivity contribution in [2.75, 3.05) is 33.1 Å². The molecule has 7 heteroatoms.